The van der Waals surface area contributed by atoms with E-state index >= 15 is 0 Å². The summed E-state index contributed by atoms with van der Waals surface area (Å²) in [5.41, 5.74) is 5.61. The molecule has 0 bridgehead atoms. The highest BCUT2D eigenvalue weighted by Crippen LogP contribution is 2.39. The van der Waals surface area contributed by atoms with E-state index in [-0.39, 0.29) is 22.6 Å². The Balaban J connectivity index is 2.41. The first kappa shape index (κ1) is 25.1. The number of rotatable bonds is 11. The van der Waals surface area contributed by atoms with Crippen LogP contribution in [-0.2, 0) is 4.79 Å². The molecule has 0 saturated heterocycles. The van der Waals surface area contributed by atoms with Crippen LogP contribution in [0.25, 0.3) is 6.08 Å². The van der Waals surface area contributed by atoms with Gasteiger partial charge in [-0.2, -0.15) is 5.26 Å². The van der Waals surface area contributed by atoms with Gasteiger partial charge in [-0.3, -0.25) is 4.79 Å². The van der Waals surface area contributed by atoms with E-state index in [4.69, 9.17) is 34.7 Å². The first-order valence-electron chi connectivity index (χ1n) is 10.3. The van der Waals surface area contributed by atoms with Gasteiger partial charge in [0.2, 0.25) is 5.75 Å². The summed E-state index contributed by atoms with van der Waals surface area (Å²) < 4.78 is 27.8. The number of hydrogen-bond donors (Lipinski definition) is 1. The lowest BCUT2D eigenvalue weighted by atomic mass is 10.1. The number of esters is 1. The van der Waals surface area contributed by atoms with E-state index < -0.39 is 11.9 Å². The lowest BCUT2D eigenvalue weighted by molar-refractivity contribution is -0.114. The predicted octanol–water partition coefficient (Wildman–Crippen LogP) is 3.50. The Morgan fingerprint density at radius 2 is 1.55 bits per heavy atom. The van der Waals surface area contributed by atoms with Gasteiger partial charge in [-0.05, 0) is 56.7 Å². The first-order chi connectivity index (χ1) is 15.9. The van der Waals surface area contributed by atoms with Gasteiger partial charge in [0.1, 0.15) is 11.6 Å². The van der Waals surface area contributed by atoms with Crippen molar-refractivity contribution in [3.05, 3.63) is 47.0 Å². The molecule has 33 heavy (non-hydrogen) atoms. The second-order valence-electron chi connectivity index (χ2n) is 6.43. The minimum absolute atomic E-state index is 0.141. The van der Waals surface area contributed by atoms with Gasteiger partial charge in [-0.25, -0.2) is 4.79 Å². The number of nitrogens with zero attached hydrogens (tertiary/aromatic N) is 1. The molecule has 2 N–H and O–H groups in total. The fourth-order valence-electron chi connectivity index (χ4n) is 2.85. The average Bonchev–Trinajstić information content (AvgIpc) is 2.80. The fourth-order valence-corrected chi connectivity index (χ4v) is 2.85. The fraction of sp³-hybridized carbons (Fsp3) is 0.292. The summed E-state index contributed by atoms with van der Waals surface area (Å²) in [7, 11) is 1.40. The zero-order valence-electron chi connectivity index (χ0n) is 19.0. The Morgan fingerprint density at radius 1 is 0.939 bits per heavy atom. The number of ether oxygens (including phenoxy) is 5. The molecule has 0 atom stereocenters. The largest absolute Gasteiger partial charge is 0.493 e. The van der Waals surface area contributed by atoms with Crippen LogP contribution in [0.5, 0.6) is 28.7 Å². The van der Waals surface area contributed by atoms with Gasteiger partial charge in [-0.1, -0.05) is 6.07 Å². The van der Waals surface area contributed by atoms with Crippen molar-refractivity contribution in [2.75, 3.05) is 26.9 Å². The molecule has 174 valence electrons. The number of carbonyl (C=O) groups excluding carboxylic acids is 2. The van der Waals surface area contributed by atoms with Crippen LogP contribution in [0.1, 0.15) is 36.7 Å². The summed E-state index contributed by atoms with van der Waals surface area (Å²) in [4.78, 5) is 24.2. The number of nitrogens with two attached hydrogens (primary N) is 1. The Labute approximate surface area is 192 Å². The lowest BCUT2D eigenvalue weighted by Crippen LogP contribution is -2.12. The van der Waals surface area contributed by atoms with Crippen LogP contribution in [0.3, 0.4) is 0 Å². The van der Waals surface area contributed by atoms with E-state index in [0.717, 1.165) is 0 Å². The zero-order chi connectivity index (χ0) is 24.4. The van der Waals surface area contributed by atoms with Crippen LogP contribution in [0, 0.1) is 11.3 Å². The van der Waals surface area contributed by atoms with Gasteiger partial charge in [0.25, 0.3) is 5.91 Å². The third-order valence-electron chi connectivity index (χ3n) is 4.23. The quantitative estimate of drug-likeness (QED) is 0.236. The minimum Gasteiger partial charge on any atom is -0.493 e. The van der Waals surface area contributed by atoms with Gasteiger partial charge in [0.05, 0.1) is 32.5 Å². The predicted molar refractivity (Wildman–Crippen MR) is 121 cm³/mol. The van der Waals surface area contributed by atoms with Gasteiger partial charge in [0, 0.05) is 0 Å². The highest BCUT2D eigenvalue weighted by atomic mass is 16.6. The van der Waals surface area contributed by atoms with Crippen LogP contribution in [0.2, 0.25) is 0 Å². The highest BCUT2D eigenvalue weighted by Gasteiger charge is 2.20. The topological polar surface area (TPSA) is 130 Å². The smallest absolute Gasteiger partial charge is 0.343 e. The molecule has 2 rings (SSSR count). The van der Waals surface area contributed by atoms with Crippen molar-refractivity contribution in [1.82, 2.24) is 0 Å². The highest BCUT2D eigenvalue weighted by molar-refractivity contribution is 6.00. The summed E-state index contributed by atoms with van der Waals surface area (Å²) in [6.45, 7) is 6.59. The van der Waals surface area contributed by atoms with E-state index in [2.05, 4.69) is 0 Å². The molecule has 0 saturated carbocycles. The Hall–Kier alpha value is -4.19. The minimum atomic E-state index is -0.849. The van der Waals surface area contributed by atoms with Crippen molar-refractivity contribution >= 4 is 18.0 Å². The van der Waals surface area contributed by atoms with Gasteiger partial charge < -0.3 is 29.4 Å². The third kappa shape index (κ3) is 6.40. The second kappa shape index (κ2) is 12.0. The van der Waals surface area contributed by atoms with Crippen LogP contribution < -0.4 is 29.4 Å². The molecule has 0 unspecified atom stereocenters. The maximum Gasteiger partial charge on any atom is 0.343 e. The number of hydrogen-bond acceptors (Lipinski definition) is 8. The Morgan fingerprint density at radius 3 is 2.03 bits per heavy atom. The summed E-state index contributed by atoms with van der Waals surface area (Å²) in [5.74, 6) is -0.0226. The molecule has 2 aromatic carbocycles. The molecular weight excluding hydrogens is 428 g/mol. The maximum absolute atomic E-state index is 12.9. The van der Waals surface area contributed by atoms with E-state index in [1.54, 1.807) is 12.1 Å². The van der Waals surface area contributed by atoms with E-state index in [9.17, 15) is 9.59 Å². The summed E-state index contributed by atoms with van der Waals surface area (Å²) >= 11 is 0. The van der Waals surface area contributed by atoms with Crippen LogP contribution >= 0.6 is 0 Å². The second-order valence-corrected chi connectivity index (χ2v) is 6.43. The maximum atomic E-state index is 12.9. The van der Waals surface area contributed by atoms with Gasteiger partial charge >= 0.3 is 5.97 Å². The molecule has 9 heteroatoms. The van der Waals surface area contributed by atoms with Crippen LogP contribution in [0.4, 0.5) is 0 Å². The number of nitriles is 1. The van der Waals surface area contributed by atoms with Gasteiger partial charge in [-0.15, -0.1) is 0 Å². The number of benzene rings is 2. The summed E-state index contributed by atoms with van der Waals surface area (Å²) in [6.07, 6.45) is 1.31. The van der Waals surface area contributed by atoms with Crippen molar-refractivity contribution < 1.29 is 33.3 Å². The molecule has 0 heterocycles. The van der Waals surface area contributed by atoms with E-state index in [1.807, 2.05) is 20.8 Å². The van der Waals surface area contributed by atoms with Crippen molar-refractivity contribution in [3.63, 3.8) is 0 Å². The molecule has 1 amide bonds. The lowest BCUT2D eigenvalue weighted by Gasteiger charge is -2.17. The third-order valence-corrected chi connectivity index (χ3v) is 4.23. The van der Waals surface area contributed by atoms with E-state index in [1.165, 1.54) is 37.5 Å². The average molecular weight is 454 g/mol. The van der Waals surface area contributed by atoms with Crippen LogP contribution in [0.15, 0.2) is 35.9 Å². The zero-order valence-corrected chi connectivity index (χ0v) is 19.0. The number of primary amides is 1. The monoisotopic (exact) mass is 454 g/mol. The van der Waals surface area contributed by atoms with Crippen molar-refractivity contribution in [3.8, 4) is 34.8 Å². The van der Waals surface area contributed by atoms with Crippen molar-refractivity contribution in [2.45, 2.75) is 20.8 Å². The molecule has 0 radical (unpaired) electrons. The number of amides is 1. The van der Waals surface area contributed by atoms with Crippen molar-refractivity contribution in [1.29, 1.82) is 5.26 Å². The van der Waals surface area contributed by atoms with Crippen LogP contribution in [-0.4, -0.2) is 38.8 Å². The Kier molecular flexibility index (Phi) is 9.12. The number of methoxy groups -OCH3 is 1. The first-order valence-corrected chi connectivity index (χ1v) is 10.3. The SMILES string of the molecule is CCOc1cc(C(=O)Oc2ccc(/C=C(\C#N)C(N)=O)cc2OC)cc(OCC)c1OCC. The molecule has 2 aromatic rings. The molecule has 0 spiro atoms. The molecule has 9 nitrogen and oxygen atoms in total. The standard InChI is InChI=1S/C24H26N2O7/c1-5-30-20-12-16(13-21(31-6-2)22(20)32-7-3)24(28)33-18-9-8-15(11-19(18)29-4)10-17(14-25)23(26)27/h8-13H,5-7H2,1-4H3,(H2,26,27)/b17-10+. The molecular formula is C24H26N2O7. The normalized spacial score (nSPS) is 10.7. The summed E-state index contributed by atoms with van der Waals surface area (Å²) in [5, 5.41) is 9.01. The molecule has 0 aromatic heterocycles. The van der Waals surface area contributed by atoms with Gasteiger partial charge in [0.15, 0.2) is 23.0 Å². The number of carbonyl (C=O) groups is 2. The van der Waals surface area contributed by atoms with E-state index in [0.29, 0.717) is 42.6 Å². The summed E-state index contributed by atoms with van der Waals surface area (Å²) in [6, 6.07) is 9.33. The molecule has 0 fully saturated rings. The molecule has 0 aliphatic rings. The van der Waals surface area contributed by atoms with Crippen molar-refractivity contribution in [2.24, 2.45) is 5.73 Å². The Bertz CT molecular complexity index is 1060. The molecule has 0 aliphatic carbocycles. The molecule has 0 aliphatic heterocycles.